The number of rotatable bonds is 6. The molecule has 0 radical (unpaired) electrons. The van der Waals surface area contributed by atoms with E-state index in [4.69, 9.17) is 0 Å². The molecule has 4 amide bonds. The van der Waals surface area contributed by atoms with Crippen LogP contribution in [-0.4, -0.2) is 100 Å². The van der Waals surface area contributed by atoms with Gasteiger partial charge in [0.05, 0.1) is 23.0 Å². The van der Waals surface area contributed by atoms with Gasteiger partial charge in [0.1, 0.15) is 0 Å². The Balaban J connectivity index is 0.948. The van der Waals surface area contributed by atoms with Gasteiger partial charge in [-0.05, 0) is 88.3 Å². The number of nitrogens with zero attached hydrogens (tertiary/aromatic N) is 5. The van der Waals surface area contributed by atoms with Gasteiger partial charge < -0.3 is 14.7 Å². The first-order chi connectivity index (χ1) is 20.9. The van der Waals surface area contributed by atoms with Gasteiger partial charge in [-0.2, -0.15) is 5.10 Å². The lowest BCUT2D eigenvalue weighted by Crippen LogP contribution is -2.51. The van der Waals surface area contributed by atoms with Crippen LogP contribution in [0.1, 0.15) is 76.3 Å². The van der Waals surface area contributed by atoms with Gasteiger partial charge in [0.2, 0.25) is 11.8 Å². The first-order valence-electron chi connectivity index (χ1n) is 16.9. The SMILES string of the molecule is CC1CC2C(=O)N(CC3CCC[C@@H]3CN3CCC(c4n[nH]c5ccccc45)CC3)C(=O)C2CC1N(C)C(=O)N1CCCC1. The fourth-order valence-corrected chi connectivity index (χ4v) is 9.27. The lowest BCUT2D eigenvalue weighted by atomic mass is 9.72. The molecule has 2 saturated carbocycles. The average Bonchev–Trinajstić information content (AvgIpc) is 3.83. The Hall–Kier alpha value is -2.94. The van der Waals surface area contributed by atoms with Crippen molar-refractivity contribution in [3.05, 3.63) is 30.0 Å². The smallest absolute Gasteiger partial charge is 0.319 e. The van der Waals surface area contributed by atoms with E-state index in [0.29, 0.717) is 37.1 Å². The van der Waals surface area contributed by atoms with Crippen LogP contribution in [-0.2, 0) is 9.59 Å². The second-order valence-corrected chi connectivity index (χ2v) is 14.3. The number of H-pyrrole nitrogens is 1. The number of aromatic nitrogens is 2. The number of para-hydroxylation sites is 1. The van der Waals surface area contributed by atoms with Crippen LogP contribution < -0.4 is 0 Å². The van der Waals surface area contributed by atoms with Gasteiger partial charge in [-0.3, -0.25) is 19.6 Å². The summed E-state index contributed by atoms with van der Waals surface area (Å²) >= 11 is 0. The molecule has 7 rings (SSSR count). The highest BCUT2D eigenvalue weighted by Gasteiger charge is 2.53. The van der Waals surface area contributed by atoms with Gasteiger partial charge in [-0.25, -0.2) is 4.79 Å². The molecule has 0 spiro atoms. The van der Waals surface area contributed by atoms with Crippen LogP contribution in [0.5, 0.6) is 0 Å². The average molecular weight is 589 g/mol. The largest absolute Gasteiger partial charge is 0.325 e. The maximum atomic E-state index is 13.7. The molecule has 2 aliphatic carbocycles. The van der Waals surface area contributed by atoms with Crippen LogP contribution in [0.15, 0.2) is 24.3 Å². The third kappa shape index (κ3) is 5.36. The molecule has 43 heavy (non-hydrogen) atoms. The van der Waals surface area contributed by atoms with E-state index >= 15 is 0 Å². The summed E-state index contributed by atoms with van der Waals surface area (Å²) in [4.78, 5) is 48.6. The Morgan fingerprint density at radius 1 is 0.907 bits per heavy atom. The number of amides is 4. The molecule has 3 saturated heterocycles. The Bertz CT molecular complexity index is 1340. The minimum atomic E-state index is -0.278. The van der Waals surface area contributed by atoms with Crippen molar-refractivity contribution < 1.29 is 14.4 Å². The van der Waals surface area contributed by atoms with E-state index in [2.05, 4.69) is 46.3 Å². The molecule has 0 bridgehead atoms. The zero-order valence-electron chi connectivity index (χ0n) is 25.9. The highest BCUT2D eigenvalue weighted by atomic mass is 16.2. The number of imide groups is 1. The molecule has 3 aliphatic heterocycles. The summed E-state index contributed by atoms with van der Waals surface area (Å²) in [7, 11) is 1.89. The monoisotopic (exact) mass is 588 g/mol. The van der Waals surface area contributed by atoms with Crippen molar-refractivity contribution in [2.45, 2.75) is 76.7 Å². The number of nitrogens with one attached hydrogen (secondary N) is 1. The normalized spacial score (nSPS) is 32.2. The van der Waals surface area contributed by atoms with Crippen LogP contribution in [0.25, 0.3) is 10.9 Å². The van der Waals surface area contributed by atoms with Crippen LogP contribution in [0, 0.1) is 29.6 Å². The topological polar surface area (TPSA) is 92.9 Å². The van der Waals surface area contributed by atoms with Crippen molar-refractivity contribution in [1.29, 1.82) is 0 Å². The molecule has 6 atom stereocenters. The Morgan fingerprint density at radius 2 is 1.58 bits per heavy atom. The van der Waals surface area contributed by atoms with Crippen molar-refractivity contribution in [3.8, 4) is 0 Å². The highest BCUT2D eigenvalue weighted by molar-refractivity contribution is 6.05. The number of urea groups is 1. The fourth-order valence-electron chi connectivity index (χ4n) is 9.27. The Morgan fingerprint density at radius 3 is 2.33 bits per heavy atom. The predicted octanol–water partition coefficient (Wildman–Crippen LogP) is 4.71. The van der Waals surface area contributed by atoms with Crippen molar-refractivity contribution >= 4 is 28.7 Å². The molecule has 5 fully saturated rings. The van der Waals surface area contributed by atoms with Crippen LogP contribution in [0.3, 0.4) is 0 Å². The number of aromatic amines is 1. The lowest BCUT2D eigenvalue weighted by Gasteiger charge is -2.41. The van der Waals surface area contributed by atoms with Gasteiger partial charge in [0.25, 0.3) is 0 Å². The zero-order valence-corrected chi connectivity index (χ0v) is 25.9. The summed E-state index contributed by atoms with van der Waals surface area (Å²) in [6, 6.07) is 8.50. The van der Waals surface area contributed by atoms with E-state index < -0.39 is 0 Å². The molecular weight excluding hydrogens is 540 g/mol. The summed E-state index contributed by atoms with van der Waals surface area (Å²) in [5.41, 5.74) is 2.33. The minimum Gasteiger partial charge on any atom is -0.325 e. The number of fused-ring (bicyclic) bond motifs is 2. The summed E-state index contributed by atoms with van der Waals surface area (Å²) in [5, 5.41) is 9.13. The van der Waals surface area contributed by atoms with E-state index in [-0.39, 0.29) is 41.6 Å². The van der Waals surface area contributed by atoms with Gasteiger partial charge in [-0.15, -0.1) is 0 Å². The van der Waals surface area contributed by atoms with Gasteiger partial charge in [0.15, 0.2) is 0 Å². The quantitative estimate of drug-likeness (QED) is 0.494. The van der Waals surface area contributed by atoms with Gasteiger partial charge in [-0.1, -0.05) is 31.5 Å². The maximum Gasteiger partial charge on any atom is 0.319 e. The molecule has 5 aliphatic rings. The van der Waals surface area contributed by atoms with Crippen molar-refractivity contribution in [2.24, 2.45) is 29.6 Å². The van der Waals surface area contributed by atoms with Crippen molar-refractivity contribution in [3.63, 3.8) is 0 Å². The number of carbonyl (C=O) groups excluding carboxylic acids is 3. The molecular formula is C34H48N6O3. The molecule has 232 valence electrons. The first-order valence-corrected chi connectivity index (χ1v) is 16.9. The van der Waals surface area contributed by atoms with E-state index in [1.807, 2.05) is 16.8 Å². The number of hydrogen-bond donors (Lipinski definition) is 1. The predicted molar refractivity (Wildman–Crippen MR) is 165 cm³/mol. The summed E-state index contributed by atoms with van der Waals surface area (Å²) in [5.74, 6) is 1.18. The number of hydrogen-bond acceptors (Lipinski definition) is 5. The lowest BCUT2D eigenvalue weighted by molar-refractivity contribution is -0.140. The Labute approximate surface area is 255 Å². The first kappa shape index (κ1) is 28.8. The van der Waals surface area contributed by atoms with Crippen LogP contribution in [0.2, 0.25) is 0 Å². The number of piperidine rings is 1. The van der Waals surface area contributed by atoms with Crippen molar-refractivity contribution in [2.75, 3.05) is 46.3 Å². The maximum absolute atomic E-state index is 13.7. The second kappa shape index (κ2) is 11.9. The molecule has 1 aromatic heterocycles. The number of benzene rings is 1. The standard InChI is InChI=1S/C34H48N6O3/c1-22-18-27-28(19-30(22)37(2)34(43)39-14-5-6-15-39)33(42)40(32(27)41)21-25-9-7-8-24(25)20-38-16-12-23(13-17-38)31-26-10-3-4-11-29(26)35-36-31/h3-4,10-11,22-25,27-28,30H,5-9,12-21H2,1-2H3,(H,35,36)/t22?,24-,25?,27?,28?,30?/m1/s1. The van der Waals surface area contributed by atoms with Crippen molar-refractivity contribution in [1.82, 2.24) is 29.8 Å². The highest BCUT2D eigenvalue weighted by Crippen LogP contribution is 2.44. The molecule has 9 heteroatoms. The Kier molecular flexibility index (Phi) is 7.95. The van der Waals surface area contributed by atoms with Crippen LogP contribution >= 0.6 is 0 Å². The number of carbonyl (C=O) groups is 3. The molecule has 2 aromatic rings. The molecule has 1 aromatic carbocycles. The summed E-state index contributed by atoms with van der Waals surface area (Å²) in [6.07, 6.45) is 9.12. The third-order valence-electron chi connectivity index (χ3n) is 11.8. The van der Waals surface area contributed by atoms with E-state index in [1.54, 1.807) is 4.90 Å². The minimum absolute atomic E-state index is 0.00710. The molecule has 4 heterocycles. The van der Waals surface area contributed by atoms with E-state index in [1.165, 1.54) is 23.9 Å². The van der Waals surface area contributed by atoms with E-state index in [9.17, 15) is 14.4 Å². The van der Waals surface area contributed by atoms with Crippen LogP contribution in [0.4, 0.5) is 4.79 Å². The van der Waals surface area contributed by atoms with Gasteiger partial charge in [0, 0.05) is 50.6 Å². The number of likely N-dealkylation sites (tertiary alicyclic amines) is 3. The third-order valence-corrected chi connectivity index (χ3v) is 11.8. The molecule has 5 unspecified atom stereocenters. The summed E-state index contributed by atoms with van der Waals surface area (Å²) in [6.45, 7) is 7.58. The molecule has 9 nitrogen and oxygen atoms in total. The second-order valence-electron chi connectivity index (χ2n) is 14.3. The molecule has 1 N–H and O–H groups in total. The summed E-state index contributed by atoms with van der Waals surface area (Å²) < 4.78 is 0. The van der Waals surface area contributed by atoms with E-state index in [0.717, 1.165) is 70.3 Å². The van der Waals surface area contributed by atoms with Gasteiger partial charge >= 0.3 is 6.03 Å². The fraction of sp³-hybridized carbons (Fsp3) is 0.706. The zero-order chi connectivity index (χ0) is 29.7.